The molecule has 0 atom stereocenters. The molecule has 6 nitrogen and oxygen atoms in total. The summed E-state index contributed by atoms with van der Waals surface area (Å²) in [6, 6.07) is 6.59. The highest BCUT2D eigenvalue weighted by molar-refractivity contribution is 6.31. The lowest BCUT2D eigenvalue weighted by Crippen LogP contribution is -2.26. The number of carbonyl (C=O) groups excluding carboxylic acids is 1. The number of hydrogen-bond acceptors (Lipinski definition) is 4. The van der Waals surface area contributed by atoms with Crippen LogP contribution in [0.25, 0.3) is 6.08 Å². The van der Waals surface area contributed by atoms with Crippen LogP contribution in [0, 0.1) is 0 Å². The minimum Gasteiger partial charge on any atom is -0.477 e. The van der Waals surface area contributed by atoms with Crippen molar-refractivity contribution in [1.82, 2.24) is 10.3 Å². The first-order valence-electron chi connectivity index (χ1n) is 7.85. The SMILES string of the molecule is CCC(=O)NC(=Cc1ccc(Oc2ncc(C(F)(F)F)cc2Cl)cc1)C(=O)O. The van der Waals surface area contributed by atoms with Crippen molar-refractivity contribution < 1.29 is 32.6 Å². The molecule has 1 amide bonds. The Morgan fingerprint density at radius 3 is 2.43 bits per heavy atom. The van der Waals surface area contributed by atoms with E-state index in [9.17, 15) is 22.8 Å². The number of pyridine rings is 1. The minimum absolute atomic E-state index is 0.123. The summed E-state index contributed by atoms with van der Waals surface area (Å²) >= 11 is 5.78. The van der Waals surface area contributed by atoms with Gasteiger partial charge in [-0.05, 0) is 29.8 Å². The molecule has 10 heteroatoms. The maximum absolute atomic E-state index is 12.6. The molecule has 148 valence electrons. The standard InChI is InChI=1S/C18H14ClF3N2O4/c1-2-15(25)24-14(17(26)27)7-10-3-5-12(6-4-10)28-16-13(19)8-11(9-23-16)18(20,21)22/h3-9H,2H2,1H3,(H,24,25)(H,26,27). The van der Waals surface area contributed by atoms with Crippen molar-refractivity contribution in [2.45, 2.75) is 19.5 Å². The van der Waals surface area contributed by atoms with Gasteiger partial charge in [0.1, 0.15) is 16.5 Å². The van der Waals surface area contributed by atoms with Crippen molar-refractivity contribution in [3.05, 3.63) is 58.4 Å². The van der Waals surface area contributed by atoms with Crippen LogP contribution < -0.4 is 10.1 Å². The highest BCUT2D eigenvalue weighted by Crippen LogP contribution is 2.34. The van der Waals surface area contributed by atoms with E-state index in [1.807, 2.05) is 0 Å². The molecule has 0 aliphatic carbocycles. The molecular formula is C18H14ClF3N2O4. The van der Waals surface area contributed by atoms with E-state index in [1.54, 1.807) is 6.92 Å². The fraction of sp³-hybridized carbons (Fsp3) is 0.167. The van der Waals surface area contributed by atoms with E-state index in [-0.39, 0.29) is 28.8 Å². The number of nitrogens with zero attached hydrogens (tertiary/aromatic N) is 1. The third-order valence-corrected chi connectivity index (χ3v) is 3.64. The highest BCUT2D eigenvalue weighted by Gasteiger charge is 2.31. The molecule has 0 unspecified atom stereocenters. The topological polar surface area (TPSA) is 88.5 Å². The number of hydrogen-bond donors (Lipinski definition) is 2. The second-order valence-electron chi connectivity index (χ2n) is 5.44. The van der Waals surface area contributed by atoms with Gasteiger partial charge in [-0.25, -0.2) is 9.78 Å². The van der Waals surface area contributed by atoms with Crippen molar-refractivity contribution in [2.24, 2.45) is 0 Å². The maximum Gasteiger partial charge on any atom is 0.417 e. The molecule has 0 spiro atoms. The number of alkyl halides is 3. The van der Waals surface area contributed by atoms with E-state index in [0.717, 1.165) is 0 Å². The maximum atomic E-state index is 12.6. The fourth-order valence-electron chi connectivity index (χ4n) is 1.96. The first-order chi connectivity index (χ1) is 13.1. The van der Waals surface area contributed by atoms with Crippen LogP contribution in [-0.4, -0.2) is 22.0 Å². The average Bonchev–Trinajstić information content (AvgIpc) is 2.63. The van der Waals surface area contributed by atoms with Crippen LogP contribution in [0.4, 0.5) is 13.2 Å². The van der Waals surface area contributed by atoms with Crippen molar-refractivity contribution >= 4 is 29.6 Å². The molecule has 0 aliphatic rings. The van der Waals surface area contributed by atoms with Crippen molar-refractivity contribution in [1.29, 1.82) is 0 Å². The number of nitrogens with one attached hydrogen (secondary N) is 1. The predicted octanol–water partition coefficient (Wildman–Crippen LogP) is 4.50. The summed E-state index contributed by atoms with van der Waals surface area (Å²) in [5.74, 6) is -1.74. The Morgan fingerprint density at radius 1 is 1.29 bits per heavy atom. The zero-order valence-electron chi connectivity index (χ0n) is 14.4. The molecular weight excluding hydrogens is 401 g/mol. The van der Waals surface area contributed by atoms with Gasteiger partial charge in [0, 0.05) is 12.6 Å². The first kappa shape index (κ1) is 21.2. The Balaban J connectivity index is 2.17. The van der Waals surface area contributed by atoms with Gasteiger partial charge in [0.2, 0.25) is 11.8 Å². The number of carboxylic acids is 1. The van der Waals surface area contributed by atoms with Crippen molar-refractivity contribution in [3.63, 3.8) is 0 Å². The van der Waals surface area contributed by atoms with Gasteiger partial charge in [-0.2, -0.15) is 13.2 Å². The number of halogens is 4. The molecule has 0 bridgehead atoms. The summed E-state index contributed by atoms with van der Waals surface area (Å²) in [5, 5.41) is 11.1. The quantitative estimate of drug-likeness (QED) is 0.679. The zero-order chi connectivity index (χ0) is 20.9. The number of benzene rings is 1. The van der Waals surface area contributed by atoms with Gasteiger partial charge in [0.15, 0.2) is 0 Å². The monoisotopic (exact) mass is 414 g/mol. The predicted molar refractivity (Wildman–Crippen MR) is 94.8 cm³/mol. The molecule has 1 aromatic heterocycles. The Kier molecular flexibility index (Phi) is 6.63. The minimum atomic E-state index is -4.57. The molecule has 0 saturated carbocycles. The van der Waals surface area contributed by atoms with E-state index in [0.29, 0.717) is 17.8 Å². The molecule has 0 aliphatic heterocycles. The van der Waals surface area contributed by atoms with Crippen LogP contribution in [0.3, 0.4) is 0 Å². The van der Waals surface area contributed by atoms with Crippen molar-refractivity contribution in [3.8, 4) is 11.6 Å². The summed E-state index contributed by atoms with van der Waals surface area (Å²) in [6.07, 6.45) is -2.59. The van der Waals surface area contributed by atoms with E-state index in [1.165, 1.54) is 30.3 Å². The van der Waals surface area contributed by atoms with Crippen LogP contribution >= 0.6 is 11.6 Å². The summed E-state index contributed by atoms with van der Waals surface area (Å²) in [7, 11) is 0. The summed E-state index contributed by atoms with van der Waals surface area (Å²) in [6.45, 7) is 1.58. The van der Waals surface area contributed by atoms with Crippen LogP contribution in [0.1, 0.15) is 24.5 Å². The number of aromatic nitrogens is 1. The van der Waals surface area contributed by atoms with E-state index < -0.39 is 23.6 Å². The molecule has 0 saturated heterocycles. The lowest BCUT2D eigenvalue weighted by atomic mass is 10.2. The molecule has 0 radical (unpaired) electrons. The largest absolute Gasteiger partial charge is 0.477 e. The second kappa shape index (κ2) is 8.75. The summed E-state index contributed by atoms with van der Waals surface area (Å²) < 4.78 is 43.2. The molecule has 2 N–H and O–H groups in total. The number of ether oxygens (including phenoxy) is 1. The zero-order valence-corrected chi connectivity index (χ0v) is 15.1. The fourth-order valence-corrected chi connectivity index (χ4v) is 2.16. The molecule has 28 heavy (non-hydrogen) atoms. The van der Waals surface area contributed by atoms with Crippen LogP contribution in [0.5, 0.6) is 11.6 Å². The van der Waals surface area contributed by atoms with Gasteiger partial charge in [-0.15, -0.1) is 0 Å². The van der Waals surface area contributed by atoms with Gasteiger partial charge >= 0.3 is 12.1 Å². The molecule has 1 heterocycles. The lowest BCUT2D eigenvalue weighted by Gasteiger charge is -2.10. The third kappa shape index (κ3) is 5.71. The molecule has 1 aromatic carbocycles. The Hall–Kier alpha value is -3.07. The number of amides is 1. The number of carboxylic acid groups (broad SMARTS) is 1. The van der Waals surface area contributed by atoms with Gasteiger partial charge in [0.25, 0.3) is 0 Å². The first-order valence-corrected chi connectivity index (χ1v) is 8.23. The average molecular weight is 415 g/mol. The molecule has 2 rings (SSSR count). The van der Waals surface area contributed by atoms with E-state index >= 15 is 0 Å². The number of rotatable bonds is 6. The second-order valence-corrected chi connectivity index (χ2v) is 5.85. The Morgan fingerprint density at radius 2 is 1.93 bits per heavy atom. The number of carbonyl (C=O) groups is 2. The van der Waals surface area contributed by atoms with Gasteiger partial charge in [-0.1, -0.05) is 30.7 Å². The third-order valence-electron chi connectivity index (χ3n) is 3.37. The van der Waals surface area contributed by atoms with Gasteiger partial charge < -0.3 is 15.2 Å². The van der Waals surface area contributed by atoms with E-state index in [2.05, 4.69) is 10.3 Å². The van der Waals surface area contributed by atoms with Gasteiger partial charge in [-0.3, -0.25) is 4.79 Å². The van der Waals surface area contributed by atoms with Crippen LogP contribution in [0.15, 0.2) is 42.2 Å². The summed E-state index contributed by atoms with van der Waals surface area (Å²) in [5.41, 5.74) is -0.846. The normalized spacial score (nSPS) is 11.8. The van der Waals surface area contributed by atoms with Crippen molar-refractivity contribution in [2.75, 3.05) is 0 Å². The Labute approximate surface area is 162 Å². The van der Waals surface area contributed by atoms with Gasteiger partial charge in [0.05, 0.1) is 5.56 Å². The summed E-state index contributed by atoms with van der Waals surface area (Å²) in [4.78, 5) is 26.1. The Bertz CT molecular complexity index is 912. The number of aliphatic carboxylic acids is 1. The van der Waals surface area contributed by atoms with E-state index in [4.69, 9.17) is 21.4 Å². The molecule has 2 aromatic rings. The van der Waals surface area contributed by atoms with Crippen LogP contribution in [-0.2, 0) is 15.8 Å². The van der Waals surface area contributed by atoms with Crippen LogP contribution in [0.2, 0.25) is 5.02 Å². The highest BCUT2D eigenvalue weighted by atomic mass is 35.5. The smallest absolute Gasteiger partial charge is 0.417 e. The lowest BCUT2D eigenvalue weighted by molar-refractivity contribution is -0.138. The molecule has 0 fully saturated rings.